The van der Waals surface area contributed by atoms with Crippen LogP contribution >= 0.6 is 23.2 Å². The number of aromatic hydroxyl groups is 1. The van der Waals surface area contributed by atoms with Gasteiger partial charge in [-0.05, 0) is 42.0 Å². The van der Waals surface area contributed by atoms with E-state index >= 15 is 0 Å². The Bertz CT molecular complexity index is 811. The summed E-state index contributed by atoms with van der Waals surface area (Å²) in [6.07, 6.45) is 1.57. The molecule has 0 fully saturated rings. The average molecular weight is 334 g/mol. The van der Waals surface area contributed by atoms with Crippen LogP contribution in [0, 0.1) is 0 Å². The molecule has 0 saturated heterocycles. The molecule has 0 bridgehead atoms. The summed E-state index contributed by atoms with van der Waals surface area (Å²) in [6, 6.07) is 11.2. The Labute approximate surface area is 136 Å². The third-order valence-electron chi connectivity index (χ3n) is 2.98. The molecule has 0 aliphatic carbocycles. The number of hydrogen-bond acceptors (Lipinski definition) is 4. The highest BCUT2D eigenvalue weighted by molar-refractivity contribution is 6.37. The number of phenols is 1. The molecule has 4 nitrogen and oxygen atoms in total. The lowest BCUT2D eigenvalue weighted by molar-refractivity contribution is -0.129. The van der Waals surface area contributed by atoms with Crippen LogP contribution in [0.1, 0.15) is 11.1 Å². The molecule has 0 spiro atoms. The van der Waals surface area contributed by atoms with E-state index in [2.05, 4.69) is 4.99 Å². The first-order chi connectivity index (χ1) is 10.5. The maximum Gasteiger partial charge on any atom is 0.363 e. The molecule has 0 saturated carbocycles. The van der Waals surface area contributed by atoms with Crippen molar-refractivity contribution in [1.29, 1.82) is 0 Å². The number of halogens is 2. The van der Waals surface area contributed by atoms with E-state index in [1.54, 1.807) is 36.4 Å². The van der Waals surface area contributed by atoms with E-state index in [4.69, 9.17) is 27.9 Å². The minimum atomic E-state index is -0.561. The second-order valence-corrected chi connectivity index (χ2v) is 5.40. The van der Waals surface area contributed by atoms with Gasteiger partial charge in [-0.2, -0.15) is 0 Å². The molecule has 0 aromatic heterocycles. The first-order valence-corrected chi connectivity index (χ1v) is 7.05. The molecule has 0 unspecified atom stereocenters. The third-order valence-corrected chi connectivity index (χ3v) is 3.53. The van der Waals surface area contributed by atoms with Crippen molar-refractivity contribution >= 4 is 41.1 Å². The average Bonchev–Trinajstić information content (AvgIpc) is 2.82. The van der Waals surface area contributed by atoms with Crippen LogP contribution in [0.25, 0.3) is 6.08 Å². The molecule has 1 aliphatic heterocycles. The van der Waals surface area contributed by atoms with Gasteiger partial charge in [0, 0.05) is 5.02 Å². The van der Waals surface area contributed by atoms with Crippen molar-refractivity contribution in [3.63, 3.8) is 0 Å². The topological polar surface area (TPSA) is 58.9 Å². The van der Waals surface area contributed by atoms with Crippen LogP contribution in [0.15, 0.2) is 53.2 Å². The molecule has 22 heavy (non-hydrogen) atoms. The van der Waals surface area contributed by atoms with Gasteiger partial charge in [0.1, 0.15) is 5.75 Å². The molecular formula is C16H9Cl2NO3. The van der Waals surface area contributed by atoms with Crippen LogP contribution in [0.2, 0.25) is 10.0 Å². The fraction of sp³-hybridized carbons (Fsp3) is 0. The number of benzene rings is 2. The number of cyclic esters (lactones) is 1. The largest absolute Gasteiger partial charge is 0.508 e. The Hall–Kier alpha value is -2.30. The van der Waals surface area contributed by atoms with Crippen molar-refractivity contribution < 1.29 is 14.6 Å². The Balaban J connectivity index is 1.96. The molecular weight excluding hydrogens is 325 g/mol. The first-order valence-electron chi connectivity index (χ1n) is 6.30. The van der Waals surface area contributed by atoms with Gasteiger partial charge in [-0.15, -0.1) is 0 Å². The molecule has 110 valence electrons. The summed E-state index contributed by atoms with van der Waals surface area (Å²) in [7, 11) is 0. The van der Waals surface area contributed by atoms with Crippen LogP contribution < -0.4 is 0 Å². The molecule has 2 aromatic carbocycles. The van der Waals surface area contributed by atoms with Gasteiger partial charge in [-0.1, -0.05) is 35.3 Å². The van der Waals surface area contributed by atoms with Gasteiger partial charge in [0.05, 0.1) is 10.6 Å². The number of carbonyl (C=O) groups excluding carboxylic acids is 1. The lowest BCUT2D eigenvalue weighted by Crippen LogP contribution is -2.05. The lowest BCUT2D eigenvalue weighted by Gasteiger charge is -2.02. The van der Waals surface area contributed by atoms with Gasteiger partial charge in [-0.3, -0.25) is 0 Å². The van der Waals surface area contributed by atoms with E-state index in [0.717, 1.165) is 5.56 Å². The van der Waals surface area contributed by atoms with Crippen LogP contribution in [-0.2, 0) is 9.53 Å². The minimum Gasteiger partial charge on any atom is -0.508 e. The zero-order valence-electron chi connectivity index (χ0n) is 11.1. The number of rotatable bonds is 2. The fourth-order valence-electron chi connectivity index (χ4n) is 1.92. The van der Waals surface area contributed by atoms with Gasteiger partial charge in [0.25, 0.3) is 0 Å². The number of esters is 1. The number of nitrogens with zero attached hydrogens (tertiary/aromatic N) is 1. The maximum atomic E-state index is 11.9. The van der Waals surface area contributed by atoms with Crippen molar-refractivity contribution in [2.45, 2.75) is 0 Å². The van der Waals surface area contributed by atoms with Crippen molar-refractivity contribution in [2.75, 3.05) is 0 Å². The molecule has 1 aliphatic rings. The van der Waals surface area contributed by atoms with Gasteiger partial charge in [0.15, 0.2) is 5.70 Å². The lowest BCUT2D eigenvalue weighted by atomic mass is 10.2. The maximum absolute atomic E-state index is 11.9. The molecule has 6 heteroatoms. The Morgan fingerprint density at radius 3 is 2.50 bits per heavy atom. The minimum absolute atomic E-state index is 0.136. The molecule has 1 heterocycles. The second kappa shape index (κ2) is 5.83. The van der Waals surface area contributed by atoms with Crippen LogP contribution in [-0.4, -0.2) is 17.0 Å². The number of phenolic OH excluding ortho intramolecular Hbond substituents is 1. The van der Waals surface area contributed by atoms with Crippen molar-refractivity contribution in [3.8, 4) is 5.75 Å². The highest BCUT2D eigenvalue weighted by Gasteiger charge is 2.25. The summed E-state index contributed by atoms with van der Waals surface area (Å²) >= 11 is 11.9. The quantitative estimate of drug-likeness (QED) is 0.666. The van der Waals surface area contributed by atoms with Crippen molar-refractivity contribution in [3.05, 3.63) is 69.3 Å². The second-order valence-electron chi connectivity index (χ2n) is 4.55. The van der Waals surface area contributed by atoms with E-state index in [0.29, 0.717) is 15.6 Å². The zero-order valence-corrected chi connectivity index (χ0v) is 12.6. The van der Waals surface area contributed by atoms with E-state index in [1.165, 1.54) is 12.1 Å². The zero-order chi connectivity index (χ0) is 15.7. The van der Waals surface area contributed by atoms with Crippen LogP contribution in [0.4, 0.5) is 0 Å². The predicted molar refractivity (Wildman–Crippen MR) is 85.2 cm³/mol. The summed E-state index contributed by atoms with van der Waals surface area (Å²) in [4.78, 5) is 16.0. The first kappa shape index (κ1) is 14.6. The van der Waals surface area contributed by atoms with E-state index in [1.807, 2.05) is 0 Å². The Kier molecular flexibility index (Phi) is 3.88. The smallest absolute Gasteiger partial charge is 0.363 e. The number of ether oxygens (including phenoxy) is 1. The van der Waals surface area contributed by atoms with Gasteiger partial charge in [-0.25, -0.2) is 9.79 Å². The normalized spacial score (nSPS) is 15.8. The Morgan fingerprint density at radius 2 is 1.82 bits per heavy atom. The third kappa shape index (κ3) is 2.98. The Morgan fingerprint density at radius 1 is 1.09 bits per heavy atom. The van der Waals surface area contributed by atoms with E-state index in [9.17, 15) is 9.90 Å². The summed E-state index contributed by atoms with van der Waals surface area (Å²) < 4.78 is 5.14. The monoisotopic (exact) mass is 333 g/mol. The molecule has 0 atom stereocenters. The number of hydrogen-bond donors (Lipinski definition) is 1. The van der Waals surface area contributed by atoms with Crippen molar-refractivity contribution in [2.24, 2.45) is 4.99 Å². The van der Waals surface area contributed by atoms with Gasteiger partial charge in [0.2, 0.25) is 5.90 Å². The van der Waals surface area contributed by atoms with Crippen LogP contribution in [0.3, 0.4) is 0 Å². The van der Waals surface area contributed by atoms with E-state index in [-0.39, 0.29) is 17.3 Å². The molecule has 1 N–H and O–H groups in total. The van der Waals surface area contributed by atoms with Gasteiger partial charge >= 0.3 is 5.97 Å². The molecule has 3 rings (SSSR count). The molecule has 0 radical (unpaired) electrons. The molecule has 2 aromatic rings. The SMILES string of the molecule is O=C1OC(c2ccc(Cl)cc2Cl)=N/C1=C/c1ccc(O)cc1. The fourth-order valence-corrected chi connectivity index (χ4v) is 2.41. The highest BCUT2D eigenvalue weighted by Crippen LogP contribution is 2.26. The number of aliphatic imine (C=N–C) groups is 1. The standard InChI is InChI=1S/C16H9Cl2NO3/c17-10-3-6-12(13(18)8-10)15-19-14(16(21)22-15)7-9-1-4-11(20)5-2-9/h1-8,20H/b14-7+. The van der Waals surface area contributed by atoms with E-state index < -0.39 is 5.97 Å². The number of carbonyl (C=O) groups is 1. The van der Waals surface area contributed by atoms with Crippen molar-refractivity contribution in [1.82, 2.24) is 0 Å². The van der Waals surface area contributed by atoms with Crippen LogP contribution in [0.5, 0.6) is 5.75 Å². The predicted octanol–water partition coefficient (Wildman–Crippen LogP) is 4.04. The molecule has 0 amide bonds. The summed E-state index contributed by atoms with van der Waals surface area (Å²) in [5.41, 5.74) is 1.37. The highest BCUT2D eigenvalue weighted by atomic mass is 35.5. The summed E-state index contributed by atoms with van der Waals surface area (Å²) in [5, 5.41) is 10.1. The summed E-state index contributed by atoms with van der Waals surface area (Å²) in [5.74, 6) is -0.279. The van der Waals surface area contributed by atoms with Gasteiger partial charge < -0.3 is 9.84 Å². The summed E-state index contributed by atoms with van der Waals surface area (Å²) in [6.45, 7) is 0.